The van der Waals surface area contributed by atoms with Crippen LogP contribution in [0.5, 0.6) is 0 Å². The lowest BCUT2D eigenvalue weighted by atomic mass is 10.2. The number of alkyl halides is 2. The molecule has 16 heavy (non-hydrogen) atoms. The Bertz CT molecular complexity index is 437. The van der Waals surface area contributed by atoms with E-state index in [0.717, 1.165) is 11.4 Å². The van der Waals surface area contributed by atoms with E-state index in [9.17, 15) is 8.78 Å². The van der Waals surface area contributed by atoms with Gasteiger partial charge in [0.05, 0.1) is 0 Å². The molecule has 0 heterocycles. The summed E-state index contributed by atoms with van der Waals surface area (Å²) in [6.07, 6.45) is -2.41. The SMILES string of the molecule is FC(F)c1ccc(Nc2ccccc2)cc1. The summed E-state index contributed by atoms with van der Waals surface area (Å²) in [6, 6.07) is 15.7. The lowest BCUT2D eigenvalue weighted by Gasteiger charge is -2.06. The molecule has 0 aliphatic carbocycles. The molecule has 0 aromatic heterocycles. The molecule has 0 spiro atoms. The van der Waals surface area contributed by atoms with Crippen molar-refractivity contribution in [2.75, 3.05) is 5.32 Å². The van der Waals surface area contributed by atoms with Crippen molar-refractivity contribution in [3.05, 3.63) is 60.2 Å². The number of benzene rings is 2. The van der Waals surface area contributed by atoms with E-state index in [1.165, 1.54) is 12.1 Å². The molecule has 0 bridgehead atoms. The largest absolute Gasteiger partial charge is 0.356 e. The van der Waals surface area contributed by atoms with Crippen LogP contribution in [0.25, 0.3) is 0 Å². The van der Waals surface area contributed by atoms with E-state index in [0.29, 0.717) is 0 Å². The minimum atomic E-state index is -2.41. The molecule has 2 aromatic rings. The van der Waals surface area contributed by atoms with Gasteiger partial charge in [0.15, 0.2) is 0 Å². The van der Waals surface area contributed by atoms with Crippen molar-refractivity contribution in [1.82, 2.24) is 0 Å². The van der Waals surface area contributed by atoms with Crippen molar-refractivity contribution < 1.29 is 8.78 Å². The van der Waals surface area contributed by atoms with Gasteiger partial charge < -0.3 is 5.32 Å². The summed E-state index contributed by atoms with van der Waals surface area (Å²) in [5.74, 6) is 0. The molecule has 1 nitrogen and oxygen atoms in total. The van der Waals surface area contributed by atoms with E-state index in [1.54, 1.807) is 12.1 Å². The molecule has 0 saturated carbocycles. The summed E-state index contributed by atoms with van der Waals surface area (Å²) >= 11 is 0. The summed E-state index contributed by atoms with van der Waals surface area (Å²) in [6.45, 7) is 0. The fourth-order valence-electron chi connectivity index (χ4n) is 1.40. The zero-order valence-corrected chi connectivity index (χ0v) is 8.53. The van der Waals surface area contributed by atoms with Crippen molar-refractivity contribution in [3.63, 3.8) is 0 Å². The molecule has 2 aromatic carbocycles. The lowest BCUT2D eigenvalue weighted by Crippen LogP contribution is -1.90. The average molecular weight is 219 g/mol. The quantitative estimate of drug-likeness (QED) is 0.808. The summed E-state index contributed by atoms with van der Waals surface area (Å²) in [5.41, 5.74) is 1.78. The molecular formula is C13H11F2N. The minimum Gasteiger partial charge on any atom is -0.356 e. The van der Waals surface area contributed by atoms with Crippen LogP contribution in [0.2, 0.25) is 0 Å². The van der Waals surface area contributed by atoms with Gasteiger partial charge in [-0.05, 0) is 24.3 Å². The van der Waals surface area contributed by atoms with Gasteiger partial charge in [-0.1, -0.05) is 30.3 Å². The van der Waals surface area contributed by atoms with Crippen LogP contribution in [-0.4, -0.2) is 0 Å². The molecule has 1 N–H and O–H groups in total. The van der Waals surface area contributed by atoms with Gasteiger partial charge in [-0.2, -0.15) is 0 Å². The Kier molecular flexibility index (Phi) is 3.15. The zero-order valence-electron chi connectivity index (χ0n) is 8.53. The molecular weight excluding hydrogens is 208 g/mol. The molecule has 3 heteroatoms. The maximum absolute atomic E-state index is 12.3. The molecule has 0 aliphatic rings. The number of hydrogen-bond acceptors (Lipinski definition) is 1. The third-order valence-electron chi connectivity index (χ3n) is 2.23. The first-order valence-corrected chi connectivity index (χ1v) is 4.96. The first-order valence-electron chi connectivity index (χ1n) is 4.96. The summed E-state index contributed by atoms with van der Waals surface area (Å²) in [7, 11) is 0. The molecule has 0 fully saturated rings. The number of rotatable bonds is 3. The van der Waals surface area contributed by atoms with Gasteiger partial charge in [-0.15, -0.1) is 0 Å². The molecule has 0 radical (unpaired) electrons. The molecule has 0 unspecified atom stereocenters. The molecule has 82 valence electrons. The maximum Gasteiger partial charge on any atom is 0.263 e. The summed E-state index contributed by atoms with van der Waals surface area (Å²) < 4.78 is 24.6. The third kappa shape index (κ3) is 2.57. The van der Waals surface area contributed by atoms with E-state index in [2.05, 4.69) is 5.32 Å². The fraction of sp³-hybridized carbons (Fsp3) is 0.0769. The highest BCUT2D eigenvalue weighted by molar-refractivity contribution is 5.59. The topological polar surface area (TPSA) is 12.0 Å². The van der Waals surface area contributed by atoms with E-state index in [4.69, 9.17) is 0 Å². The van der Waals surface area contributed by atoms with Gasteiger partial charge in [0.25, 0.3) is 6.43 Å². The van der Waals surface area contributed by atoms with Gasteiger partial charge in [-0.25, -0.2) is 8.78 Å². The van der Waals surface area contributed by atoms with Gasteiger partial charge >= 0.3 is 0 Å². The van der Waals surface area contributed by atoms with Gasteiger partial charge in [0.1, 0.15) is 0 Å². The number of hydrogen-bond donors (Lipinski definition) is 1. The standard InChI is InChI=1S/C13H11F2N/c14-13(15)10-6-8-12(9-7-10)16-11-4-2-1-3-5-11/h1-9,13,16H. The highest BCUT2D eigenvalue weighted by atomic mass is 19.3. The van der Waals surface area contributed by atoms with E-state index >= 15 is 0 Å². The van der Waals surface area contributed by atoms with Crippen LogP contribution in [0.1, 0.15) is 12.0 Å². The molecule has 0 amide bonds. The average Bonchev–Trinajstić information content (AvgIpc) is 2.31. The number of para-hydroxylation sites is 1. The van der Waals surface area contributed by atoms with Gasteiger partial charge in [-0.3, -0.25) is 0 Å². The normalized spacial score (nSPS) is 10.4. The van der Waals surface area contributed by atoms with Crippen LogP contribution in [0, 0.1) is 0 Å². The Morgan fingerprint density at radius 3 is 1.88 bits per heavy atom. The molecule has 0 atom stereocenters. The van der Waals surface area contributed by atoms with Crippen LogP contribution in [0.4, 0.5) is 20.2 Å². The first-order chi connectivity index (χ1) is 7.75. The highest BCUT2D eigenvalue weighted by Gasteiger charge is 2.05. The van der Waals surface area contributed by atoms with Crippen LogP contribution in [0.3, 0.4) is 0 Å². The fourth-order valence-corrected chi connectivity index (χ4v) is 1.40. The van der Waals surface area contributed by atoms with Crippen LogP contribution < -0.4 is 5.32 Å². The predicted octanol–water partition coefficient (Wildman–Crippen LogP) is 4.37. The minimum absolute atomic E-state index is 0.0404. The third-order valence-corrected chi connectivity index (χ3v) is 2.23. The molecule has 0 aliphatic heterocycles. The Labute approximate surface area is 92.7 Å². The van der Waals surface area contributed by atoms with Gasteiger partial charge in [0.2, 0.25) is 0 Å². The number of anilines is 2. The van der Waals surface area contributed by atoms with Crippen LogP contribution >= 0.6 is 0 Å². The predicted molar refractivity (Wildman–Crippen MR) is 61.1 cm³/mol. The van der Waals surface area contributed by atoms with E-state index in [1.807, 2.05) is 30.3 Å². The highest BCUT2D eigenvalue weighted by Crippen LogP contribution is 2.22. The van der Waals surface area contributed by atoms with Crippen LogP contribution in [0.15, 0.2) is 54.6 Å². The Hall–Kier alpha value is -1.90. The lowest BCUT2D eigenvalue weighted by molar-refractivity contribution is 0.151. The van der Waals surface area contributed by atoms with Crippen molar-refractivity contribution in [1.29, 1.82) is 0 Å². The second-order valence-corrected chi connectivity index (χ2v) is 3.41. The summed E-state index contributed by atoms with van der Waals surface area (Å²) in [4.78, 5) is 0. The second kappa shape index (κ2) is 4.75. The van der Waals surface area contributed by atoms with Crippen LogP contribution in [-0.2, 0) is 0 Å². The Morgan fingerprint density at radius 2 is 1.31 bits per heavy atom. The summed E-state index contributed by atoms with van der Waals surface area (Å²) in [5, 5.41) is 3.13. The van der Waals surface area contributed by atoms with Crippen molar-refractivity contribution in [3.8, 4) is 0 Å². The zero-order chi connectivity index (χ0) is 11.4. The maximum atomic E-state index is 12.3. The van der Waals surface area contributed by atoms with E-state index in [-0.39, 0.29) is 5.56 Å². The van der Waals surface area contributed by atoms with Gasteiger partial charge in [0, 0.05) is 16.9 Å². The Balaban J connectivity index is 2.11. The van der Waals surface area contributed by atoms with Crippen molar-refractivity contribution in [2.45, 2.75) is 6.43 Å². The molecule has 2 rings (SSSR count). The molecule has 0 saturated heterocycles. The van der Waals surface area contributed by atoms with Crippen molar-refractivity contribution >= 4 is 11.4 Å². The smallest absolute Gasteiger partial charge is 0.263 e. The monoisotopic (exact) mass is 219 g/mol. The number of halogens is 2. The van der Waals surface area contributed by atoms with E-state index < -0.39 is 6.43 Å². The number of nitrogens with one attached hydrogen (secondary N) is 1. The second-order valence-electron chi connectivity index (χ2n) is 3.41. The van der Waals surface area contributed by atoms with Crippen molar-refractivity contribution in [2.24, 2.45) is 0 Å². The Morgan fingerprint density at radius 1 is 0.750 bits per heavy atom. The first kappa shape index (κ1) is 10.6.